The van der Waals surface area contributed by atoms with Gasteiger partial charge >= 0.3 is 6.03 Å². The molecule has 3 aromatic rings. The van der Waals surface area contributed by atoms with E-state index in [0.717, 1.165) is 22.6 Å². The first-order valence-electron chi connectivity index (χ1n) is 9.85. The number of aromatic nitrogens is 1. The van der Waals surface area contributed by atoms with Crippen LogP contribution in [-0.4, -0.2) is 28.5 Å². The van der Waals surface area contributed by atoms with Crippen LogP contribution in [0.3, 0.4) is 0 Å². The topological polar surface area (TPSA) is 101 Å². The summed E-state index contributed by atoms with van der Waals surface area (Å²) in [4.78, 5) is 50.1. The van der Waals surface area contributed by atoms with Crippen LogP contribution in [0.5, 0.6) is 0 Å². The largest absolute Gasteiger partial charge is 0.329 e. The zero-order chi connectivity index (χ0) is 22.7. The number of carbonyl (C=O) groups is 3. The Morgan fingerprint density at radius 1 is 1.00 bits per heavy atom. The van der Waals surface area contributed by atoms with Crippen LogP contribution in [0.1, 0.15) is 12.0 Å². The molecule has 1 unspecified atom stereocenters. The molecule has 162 valence electrons. The van der Waals surface area contributed by atoms with Crippen LogP contribution in [0.25, 0.3) is 0 Å². The van der Waals surface area contributed by atoms with E-state index in [1.807, 2.05) is 6.07 Å². The van der Waals surface area contributed by atoms with Crippen molar-refractivity contribution < 1.29 is 18.8 Å². The number of carbonyl (C=O) groups excluding carboxylic acids is 3. The number of rotatable bonds is 6. The lowest BCUT2D eigenvalue weighted by Crippen LogP contribution is -2.34. The number of anilines is 2. The molecule has 32 heavy (non-hydrogen) atoms. The number of pyridine rings is 1. The van der Waals surface area contributed by atoms with Crippen molar-refractivity contribution in [2.24, 2.45) is 0 Å². The Hall–Kier alpha value is -4.27. The van der Waals surface area contributed by atoms with Crippen LogP contribution in [0.15, 0.2) is 77.7 Å². The van der Waals surface area contributed by atoms with Gasteiger partial charge in [-0.1, -0.05) is 18.2 Å². The molecule has 9 heteroatoms. The molecule has 0 saturated carbocycles. The highest BCUT2D eigenvalue weighted by Gasteiger charge is 2.40. The highest BCUT2D eigenvalue weighted by atomic mass is 19.1. The number of nitrogens with one attached hydrogen (secondary N) is 2. The van der Waals surface area contributed by atoms with Gasteiger partial charge in [-0.15, -0.1) is 0 Å². The average Bonchev–Trinajstić information content (AvgIpc) is 3.03. The number of hydrogen-bond acceptors (Lipinski definition) is 4. The van der Waals surface area contributed by atoms with E-state index in [1.54, 1.807) is 36.5 Å². The fraction of sp³-hybridized carbons (Fsp3) is 0.130. The van der Waals surface area contributed by atoms with Crippen LogP contribution in [-0.2, 0) is 16.1 Å². The smallest absolute Gasteiger partial charge is 0.326 e. The SMILES string of the molecule is O=C(CC1NC(=O)N(c2ccc(F)cc2)C1=O)Nc1cccc(Cn2ccccc2=O)c1. The highest BCUT2D eigenvalue weighted by Crippen LogP contribution is 2.21. The third-order valence-corrected chi connectivity index (χ3v) is 4.96. The Labute approximate surface area is 182 Å². The quantitative estimate of drug-likeness (QED) is 0.582. The van der Waals surface area contributed by atoms with Crippen LogP contribution in [0, 0.1) is 5.82 Å². The van der Waals surface area contributed by atoms with E-state index in [9.17, 15) is 23.6 Å². The Balaban J connectivity index is 1.40. The summed E-state index contributed by atoms with van der Waals surface area (Å²) in [5, 5.41) is 5.19. The number of amides is 4. The maximum absolute atomic E-state index is 13.1. The fourth-order valence-corrected chi connectivity index (χ4v) is 3.44. The number of urea groups is 1. The molecule has 1 aromatic heterocycles. The summed E-state index contributed by atoms with van der Waals surface area (Å²) >= 11 is 0. The van der Waals surface area contributed by atoms with E-state index < -0.39 is 29.7 Å². The first kappa shape index (κ1) is 21.0. The zero-order valence-electron chi connectivity index (χ0n) is 16.8. The summed E-state index contributed by atoms with van der Waals surface area (Å²) in [5.74, 6) is -1.54. The minimum atomic E-state index is -1.03. The molecule has 4 amide bonds. The molecule has 1 aliphatic rings. The zero-order valence-corrected chi connectivity index (χ0v) is 16.8. The Kier molecular flexibility index (Phi) is 5.80. The lowest BCUT2D eigenvalue weighted by atomic mass is 10.1. The van der Waals surface area contributed by atoms with Gasteiger partial charge < -0.3 is 15.2 Å². The van der Waals surface area contributed by atoms with Gasteiger partial charge in [0.1, 0.15) is 11.9 Å². The lowest BCUT2D eigenvalue weighted by molar-refractivity contribution is -0.122. The number of imide groups is 1. The van der Waals surface area contributed by atoms with Crippen molar-refractivity contribution in [3.8, 4) is 0 Å². The lowest BCUT2D eigenvalue weighted by Gasteiger charge is -2.13. The van der Waals surface area contributed by atoms with Crippen LogP contribution < -0.4 is 21.1 Å². The molecule has 2 N–H and O–H groups in total. The van der Waals surface area contributed by atoms with Crippen molar-refractivity contribution in [1.29, 1.82) is 0 Å². The predicted octanol–water partition coefficient (Wildman–Crippen LogP) is 2.49. The Morgan fingerprint density at radius 3 is 2.53 bits per heavy atom. The van der Waals surface area contributed by atoms with Gasteiger partial charge in [0.2, 0.25) is 5.91 Å². The van der Waals surface area contributed by atoms with Crippen LogP contribution in [0.4, 0.5) is 20.6 Å². The van der Waals surface area contributed by atoms with Gasteiger partial charge in [-0.05, 0) is 48.0 Å². The summed E-state index contributed by atoms with van der Waals surface area (Å²) < 4.78 is 14.7. The maximum Gasteiger partial charge on any atom is 0.329 e. The number of hydrogen-bond donors (Lipinski definition) is 2. The molecular formula is C23H19FN4O4. The van der Waals surface area contributed by atoms with E-state index in [2.05, 4.69) is 10.6 Å². The molecule has 1 aliphatic heterocycles. The Morgan fingerprint density at radius 2 is 1.78 bits per heavy atom. The second-order valence-corrected chi connectivity index (χ2v) is 7.27. The van der Waals surface area contributed by atoms with E-state index in [1.165, 1.54) is 22.8 Å². The summed E-state index contributed by atoms with van der Waals surface area (Å²) in [5.41, 5.74) is 1.40. The minimum absolute atomic E-state index is 0.136. The standard InChI is InChI=1S/C23H19FN4O4/c24-16-7-9-18(10-8-16)28-22(31)19(26-23(28)32)13-20(29)25-17-5-3-4-15(12-17)14-27-11-2-1-6-21(27)30/h1-12,19H,13-14H2,(H,25,29)(H,26,32). The molecule has 0 bridgehead atoms. The van der Waals surface area contributed by atoms with Gasteiger partial charge in [0, 0.05) is 18.0 Å². The average molecular weight is 434 g/mol. The van der Waals surface area contributed by atoms with Crippen molar-refractivity contribution in [3.05, 3.63) is 94.7 Å². The summed E-state index contributed by atoms with van der Waals surface area (Å²) in [6.07, 6.45) is 1.42. The third kappa shape index (κ3) is 4.56. The van der Waals surface area contributed by atoms with Crippen molar-refractivity contribution in [1.82, 2.24) is 9.88 Å². The van der Waals surface area contributed by atoms with Gasteiger partial charge in [0.05, 0.1) is 18.7 Å². The molecule has 2 heterocycles. The molecular weight excluding hydrogens is 415 g/mol. The minimum Gasteiger partial charge on any atom is -0.326 e. The van der Waals surface area contributed by atoms with E-state index >= 15 is 0 Å². The second kappa shape index (κ2) is 8.84. The van der Waals surface area contributed by atoms with Crippen molar-refractivity contribution in [2.75, 3.05) is 10.2 Å². The fourth-order valence-electron chi connectivity index (χ4n) is 3.44. The van der Waals surface area contributed by atoms with E-state index in [0.29, 0.717) is 12.2 Å². The summed E-state index contributed by atoms with van der Waals surface area (Å²) in [7, 11) is 0. The number of nitrogens with zero attached hydrogens (tertiary/aromatic N) is 2. The first-order chi connectivity index (χ1) is 15.4. The summed E-state index contributed by atoms with van der Waals surface area (Å²) in [6.45, 7) is 0.340. The molecule has 0 spiro atoms. The molecule has 1 saturated heterocycles. The van der Waals surface area contributed by atoms with Gasteiger partial charge in [-0.2, -0.15) is 0 Å². The molecule has 4 rings (SSSR count). The number of benzene rings is 2. The molecule has 1 atom stereocenters. The number of halogens is 1. The second-order valence-electron chi connectivity index (χ2n) is 7.27. The third-order valence-electron chi connectivity index (χ3n) is 4.96. The van der Waals surface area contributed by atoms with E-state index in [4.69, 9.17) is 0 Å². The molecule has 8 nitrogen and oxygen atoms in total. The van der Waals surface area contributed by atoms with Gasteiger partial charge in [0.25, 0.3) is 11.5 Å². The summed E-state index contributed by atoms with van der Waals surface area (Å²) in [6, 6.07) is 15.1. The normalized spacial score (nSPS) is 15.5. The van der Waals surface area contributed by atoms with Crippen molar-refractivity contribution in [2.45, 2.75) is 19.0 Å². The highest BCUT2D eigenvalue weighted by molar-refractivity contribution is 6.22. The molecule has 0 radical (unpaired) electrons. The van der Waals surface area contributed by atoms with Gasteiger partial charge in [-0.25, -0.2) is 14.1 Å². The maximum atomic E-state index is 13.1. The predicted molar refractivity (Wildman–Crippen MR) is 116 cm³/mol. The van der Waals surface area contributed by atoms with Crippen molar-refractivity contribution in [3.63, 3.8) is 0 Å². The van der Waals surface area contributed by atoms with Crippen LogP contribution in [0.2, 0.25) is 0 Å². The van der Waals surface area contributed by atoms with Gasteiger partial charge in [0.15, 0.2) is 0 Å². The van der Waals surface area contributed by atoms with Crippen LogP contribution >= 0.6 is 0 Å². The van der Waals surface area contributed by atoms with E-state index in [-0.39, 0.29) is 17.7 Å². The van der Waals surface area contributed by atoms with Crippen molar-refractivity contribution >= 4 is 29.2 Å². The first-order valence-corrected chi connectivity index (χ1v) is 9.85. The molecule has 0 aliphatic carbocycles. The Bertz CT molecular complexity index is 1240. The monoisotopic (exact) mass is 434 g/mol. The van der Waals surface area contributed by atoms with Gasteiger partial charge in [-0.3, -0.25) is 14.4 Å². The molecule has 1 fully saturated rings. The molecule has 2 aromatic carbocycles.